The molecule has 0 bridgehead atoms. The summed E-state index contributed by atoms with van der Waals surface area (Å²) in [5.41, 5.74) is 2.33. The lowest BCUT2D eigenvalue weighted by molar-refractivity contribution is -0.126. The van der Waals surface area contributed by atoms with Crippen molar-refractivity contribution in [2.24, 2.45) is 0 Å². The first-order chi connectivity index (χ1) is 9.85. The highest BCUT2D eigenvalue weighted by Crippen LogP contribution is 2.20. The largest absolute Gasteiger partial charge is 0.288 e. The molecule has 116 valence electrons. The maximum absolute atomic E-state index is 12.1. The molecule has 1 fully saturated rings. The Balaban J connectivity index is 2.10. The van der Waals surface area contributed by atoms with Gasteiger partial charge in [-0.2, -0.15) is 0 Å². The van der Waals surface area contributed by atoms with Crippen LogP contribution in [0.4, 0.5) is 0 Å². The van der Waals surface area contributed by atoms with E-state index in [0.717, 1.165) is 31.2 Å². The number of carbonyl (C=O) groups is 1. The predicted octanol–water partition coefficient (Wildman–Crippen LogP) is 1.43. The van der Waals surface area contributed by atoms with Crippen molar-refractivity contribution in [1.82, 2.24) is 9.62 Å². The Morgan fingerprint density at radius 1 is 1.38 bits per heavy atom. The molecule has 1 aliphatic heterocycles. The molecule has 6 heteroatoms. The van der Waals surface area contributed by atoms with E-state index >= 15 is 0 Å². The fourth-order valence-corrected chi connectivity index (χ4v) is 3.27. The first kappa shape index (κ1) is 16.0. The summed E-state index contributed by atoms with van der Waals surface area (Å²) in [4.78, 5) is 14.2. The van der Waals surface area contributed by atoms with Crippen LogP contribution in [0.3, 0.4) is 0 Å². The van der Waals surface area contributed by atoms with E-state index in [4.69, 9.17) is 0 Å². The average Bonchev–Trinajstić information content (AvgIpc) is 2.37. The van der Waals surface area contributed by atoms with Crippen molar-refractivity contribution in [3.8, 4) is 0 Å². The fourth-order valence-electron chi connectivity index (χ4n) is 2.77. The minimum Gasteiger partial charge on any atom is -0.288 e. The van der Waals surface area contributed by atoms with E-state index in [2.05, 4.69) is 15.7 Å². The van der Waals surface area contributed by atoms with Gasteiger partial charge in [0.25, 0.3) is 5.91 Å². The SMILES string of the molecule is Cc1cccc(CN2CCCC[C@H]2C(=O)NS(C)(=O)=O)c1. The smallest absolute Gasteiger partial charge is 0.250 e. The molecule has 0 spiro atoms. The third-order valence-electron chi connectivity index (χ3n) is 3.67. The maximum Gasteiger partial charge on any atom is 0.250 e. The number of hydrogen-bond donors (Lipinski definition) is 1. The topological polar surface area (TPSA) is 66.5 Å². The number of benzene rings is 1. The van der Waals surface area contributed by atoms with Gasteiger partial charge in [0, 0.05) is 6.54 Å². The molecular weight excluding hydrogens is 288 g/mol. The summed E-state index contributed by atoms with van der Waals surface area (Å²) in [6, 6.07) is 7.80. The first-order valence-corrected chi connectivity index (χ1v) is 9.05. The fraction of sp³-hybridized carbons (Fsp3) is 0.533. The van der Waals surface area contributed by atoms with Crippen molar-refractivity contribution < 1.29 is 13.2 Å². The second-order valence-electron chi connectivity index (χ2n) is 5.71. The number of nitrogens with zero attached hydrogens (tertiary/aromatic N) is 1. The molecule has 1 aliphatic rings. The molecule has 1 aromatic carbocycles. The van der Waals surface area contributed by atoms with Crippen LogP contribution in [0.1, 0.15) is 30.4 Å². The summed E-state index contributed by atoms with van der Waals surface area (Å²) in [6.45, 7) is 3.52. The number of nitrogens with one attached hydrogen (secondary N) is 1. The van der Waals surface area contributed by atoms with E-state index < -0.39 is 15.9 Å². The molecule has 5 nitrogen and oxygen atoms in total. The van der Waals surface area contributed by atoms with Gasteiger partial charge in [-0.25, -0.2) is 8.42 Å². The minimum absolute atomic E-state index is 0.367. The van der Waals surface area contributed by atoms with Crippen LogP contribution >= 0.6 is 0 Å². The Kier molecular flexibility index (Phi) is 5.00. The summed E-state index contributed by atoms with van der Waals surface area (Å²) >= 11 is 0. The molecule has 0 saturated carbocycles. The van der Waals surface area contributed by atoms with Gasteiger partial charge in [-0.15, -0.1) is 0 Å². The van der Waals surface area contributed by atoms with Crippen molar-refractivity contribution >= 4 is 15.9 Å². The van der Waals surface area contributed by atoms with Gasteiger partial charge in [-0.1, -0.05) is 36.2 Å². The number of carbonyl (C=O) groups excluding carboxylic acids is 1. The van der Waals surface area contributed by atoms with Gasteiger partial charge in [0.05, 0.1) is 12.3 Å². The Labute approximate surface area is 126 Å². The van der Waals surface area contributed by atoms with Gasteiger partial charge in [-0.3, -0.25) is 14.4 Å². The lowest BCUT2D eigenvalue weighted by Crippen LogP contribution is -2.50. The molecule has 0 aromatic heterocycles. The van der Waals surface area contributed by atoms with E-state index in [1.165, 1.54) is 5.56 Å². The van der Waals surface area contributed by atoms with Crippen LogP contribution in [0.25, 0.3) is 0 Å². The molecule has 21 heavy (non-hydrogen) atoms. The number of aryl methyl sites for hydroxylation is 1. The van der Waals surface area contributed by atoms with Crippen molar-refractivity contribution in [3.63, 3.8) is 0 Å². The monoisotopic (exact) mass is 310 g/mol. The lowest BCUT2D eigenvalue weighted by Gasteiger charge is -2.34. The molecule has 1 heterocycles. The molecule has 2 rings (SSSR count). The summed E-state index contributed by atoms with van der Waals surface area (Å²) in [7, 11) is -3.50. The van der Waals surface area contributed by atoms with Gasteiger partial charge in [0.15, 0.2) is 0 Å². The molecule has 1 saturated heterocycles. The number of amides is 1. The van der Waals surface area contributed by atoms with Gasteiger partial charge in [-0.05, 0) is 31.9 Å². The van der Waals surface area contributed by atoms with Gasteiger partial charge < -0.3 is 0 Å². The maximum atomic E-state index is 12.1. The minimum atomic E-state index is -3.50. The Morgan fingerprint density at radius 3 is 2.81 bits per heavy atom. The molecule has 1 amide bonds. The zero-order valence-electron chi connectivity index (χ0n) is 12.5. The van der Waals surface area contributed by atoms with E-state index in [-0.39, 0.29) is 6.04 Å². The molecule has 0 aliphatic carbocycles. The molecular formula is C15H22N2O3S. The predicted molar refractivity (Wildman–Crippen MR) is 82.2 cm³/mol. The standard InChI is InChI=1S/C15H22N2O3S/c1-12-6-5-7-13(10-12)11-17-9-4-3-8-14(17)15(18)16-21(2,19)20/h5-7,10,14H,3-4,8-9,11H2,1-2H3,(H,16,18)/t14-/m0/s1. The molecule has 1 N–H and O–H groups in total. The third-order valence-corrected chi connectivity index (χ3v) is 4.24. The highest BCUT2D eigenvalue weighted by Gasteiger charge is 2.30. The van der Waals surface area contributed by atoms with E-state index in [0.29, 0.717) is 13.0 Å². The summed E-state index contributed by atoms with van der Waals surface area (Å²) in [5, 5.41) is 0. The second kappa shape index (κ2) is 6.58. The molecule has 1 atom stereocenters. The summed E-state index contributed by atoms with van der Waals surface area (Å²) < 4.78 is 24.6. The molecule has 0 radical (unpaired) electrons. The quantitative estimate of drug-likeness (QED) is 0.913. The highest BCUT2D eigenvalue weighted by atomic mass is 32.2. The van der Waals surface area contributed by atoms with Crippen LogP contribution in [0, 0.1) is 6.92 Å². The lowest BCUT2D eigenvalue weighted by atomic mass is 10.0. The Bertz CT molecular complexity index is 613. The zero-order chi connectivity index (χ0) is 15.5. The Hall–Kier alpha value is -1.40. The van der Waals surface area contributed by atoms with Crippen LogP contribution in [-0.4, -0.2) is 38.1 Å². The first-order valence-electron chi connectivity index (χ1n) is 7.16. The number of piperidine rings is 1. The molecule has 0 unspecified atom stereocenters. The van der Waals surface area contributed by atoms with E-state index in [9.17, 15) is 13.2 Å². The van der Waals surface area contributed by atoms with Crippen molar-refractivity contribution in [2.75, 3.05) is 12.8 Å². The van der Waals surface area contributed by atoms with Crippen molar-refractivity contribution in [3.05, 3.63) is 35.4 Å². The van der Waals surface area contributed by atoms with Gasteiger partial charge in [0.1, 0.15) is 0 Å². The van der Waals surface area contributed by atoms with Crippen LogP contribution in [0.5, 0.6) is 0 Å². The van der Waals surface area contributed by atoms with Crippen LogP contribution < -0.4 is 4.72 Å². The van der Waals surface area contributed by atoms with E-state index in [1.54, 1.807) is 0 Å². The van der Waals surface area contributed by atoms with Crippen molar-refractivity contribution in [1.29, 1.82) is 0 Å². The summed E-state index contributed by atoms with van der Waals surface area (Å²) in [5.74, 6) is -0.412. The molecule has 1 aromatic rings. The number of rotatable bonds is 4. The second-order valence-corrected chi connectivity index (χ2v) is 7.46. The van der Waals surface area contributed by atoms with Crippen molar-refractivity contribution in [2.45, 2.75) is 38.8 Å². The normalized spacial score (nSPS) is 20.2. The summed E-state index contributed by atoms with van der Waals surface area (Å²) in [6.07, 6.45) is 3.70. The third kappa shape index (κ3) is 4.82. The highest BCUT2D eigenvalue weighted by molar-refractivity contribution is 7.89. The van der Waals surface area contributed by atoms with Crippen LogP contribution in [0.15, 0.2) is 24.3 Å². The van der Waals surface area contributed by atoms with Gasteiger partial charge >= 0.3 is 0 Å². The number of hydrogen-bond acceptors (Lipinski definition) is 4. The van der Waals surface area contributed by atoms with Crippen LogP contribution in [0.2, 0.25) is 0 Å². The number of sulfonamides is 1. The zero-order valence-corrected chi connectivity index (χ0v) is 13.3. The Morgan fingerprint density at radius 2 is 2.14 bits per heavy atom. The number of likely N-dealkylation sites (tertiary alicyclic amines) is 1. The van der Waals surface area contributed by atoms with Crippen LogP contribution in [-0.2, 0) is 21.4 Å². The van der Waals surface area contributed by atoms with E-state index in [1.807, 2.05) is 25.1 Å². The average molecular weight is 310 g/mol. The van der Waals surface area contributed by atoms with Gasteiger partial charge in [0.2, 0.25) is 10.0 Å².